The van der Waals surface area contributed by atoms with Gasteiger partial charge in [-0.3, -0.25) is 14.4 Å². The second-order valence-corrected chi connectivity index (χ2v) is 8.67. The number of hydrogen-bond donors (Lipinski definition) is 8. The van der Waals surface area contributed by atoms with Crippen LogP contribution in [0.15, 0.2) is 0 Å². The smallest absolute Gasteiger partial charge is 0.326 e. The minimum Gasteiger partial charge on any atom is -0.480 e. The minimum absolute atomic E-state index is 0.139. The molecule has 0 aromatic heterocycles. The maximum Gasteiger partial charge on any atom is 0.326 e. The Hall–Kier alpha value is -2.28. The van der Waals surface area contributed by atoms with Crippen LogP contribution in [0.5, 0.6) is 0 Å². The normalized spacial score (nSPS) is 16.4. The maximum atomic E-state index is 12.9. The lowest BCUT2D eigenvalue weighted by Crippen LogP contribution is -2.60. The van der Waals surface area contributed by atoms with Gasteiger partial charge in [-0.2, -0.15) is 0 Å². The fourth-order valence-electron chi connectivity index (χ4n) is 3.21. The van der Waals surface area contributed by atoms with E-state index in [1.807, 2.05) is 6.92 Å². The summed E-state index contributed by atoms with van der Waals surface area (Å²) < 4.78 is 0. The van der Waals surface area contributed by atoms with Crippen LogP contribution >= 0.6 is 0 Å². The molecule has 0 radical (unpaired) electrons. The molecular weight excluding hydrogens is 444 g/mol. The third-order valence-electron chi connectivity index (χ3n) is 5.76. The highest BCUT2D eigenvalue weighted by Crippen LogP contribution is 2.08. The molecule has 0 aliphatic rings. The fraction of sp³-hybridized carbons (Fsp3) is 0.818. The Morgan fingerprint density at radius 1 is 0.794 bits per heavy atom. The van der Waals surface area contributed by atoms with Crippen molar-refractivity contribution in [1.29, 1.82) is 0 Å². The van der Waals surface area contributed by atoms with E-state index in [2.05, 4.69) is 16.0 Å². The molecule has 198 valence electrons. The average Bonchev–Trinajstić information content (AvgIpc) is 2.79. The SMILES string of the molecule is CCC(C)C(N)C(=O)NC(C(=O)NC(CCCCN)C(=O)NC(CCCCN)C(=O)O)C(C)O. The van der Waals surface area contributed by atoms with Crippen LogP contribution in [0.3, 0.4) is 0 Å². The van der Waals surface area contributed by atoms with Crippen molar-refractivity contribution in [1.82, 2.24) is 16.0 Å². The van der Waals surface area contributed by atoms with E-state index in [-0.39, 0.29) is 18.8 Å². The number of aliphatic carboxylic acids is 1. The van der Waals surface area contributed by atoms with Gasteiger partial charge in [0.05, 0.1) is 12.1 Å². The van der Waals surface area contributed by atoms with Crippen LogP contribution in [0.25, 0.3) is 0 Å². The standard InChI is InChI=1S/C22H44N6O6/c1-4-13(2)17(25)20(31)28-18(14(3)29)21(32)26-15(9-5-7-11-23)19(30)27-16(22(33)34)10-6-8-12-24/h13-18,29H,4-12,23-25H2,1-3H3,(H,26,32)(H,27,30)(H,28,31)(H,33,34). The van der Waals surface area contributed by atoms with Gasteiger partial charge >= 0.3 is 5.97 Å². The van der Waals surface area contributed by atoms with Crippen LogP contribution in [0, 0.1) is 5.92 Å². The highest BCUT2D eigenvalue weighted by Gasteiger charge is 2.32. The van der Waals surface area contributed by atoms with Crippen molar-refractivity contribution in [2.45, 2.75) is 96.0 Å². The molecule has 0 aromatic rings. The maximum absolute atomic E-state index is 12.9. The zero-order valence-electron chi connectivity index (χ0n) is 20.6. The molecule has 0 saturated carbocycles. The summed E-state index contributed by atoms with van der Waals surface area (Å²) in [6.45, 7) is 5.80. The first-order chi connectivity index (χ1) is 16.0. The van der Waals surface area contributed by atoms with E-state index in [1.165, 1.54) is 6.92 Å². The Labute approximate surface area is 201 Å². The van der Waals surface area contributed by atoms with Crippen LogP contribution in [0.4, 0.5) is 0 Å². The first-order valence-corrected chi connectivity index (χ1v) is 12.0. The number of carboxylic acid groups (broad SMARTS) is 1. The number of aliphatic hydroxyl groups excluding tert-OH is 1. The average molecular weight is 489 g/mol. The van der Waals surface area contributed by atoms with Gasteiger partial charge in [-0.1, -0.05) is 20.3 Å². The van der Waals surface area contributed by atoms with E-state index in [1.54, 1.807) is 6.92 Å². The Morgan fingerprint density at radius 2 is 1.29 bits per heavy atom. The molecule has 6 atom stereocenters. The number of carbonyl (C=O) groups excluding carboxylic acids is 3. The Morgan fingerprint density at radius 3 is 1.74 bits per heavy atom. The quantitative estimate of drug-likeness (QED) is 0.105. The topological polar surface area (TPSA) is 223 Å². The molecule has 0 heterocycles. The molecule has 34 heavy (non-hydrogen) atoms. The van der Waals surface area contributed by atoms with Crippen molar-refractivity contribution >= 4 is 23.7 Å². The summed E-state index contributed by atoms with van der Waals surface area (Å²) in [7, 11) is 0. The summed E-state index contributed by atoms with van der Waals surface area (Å²) in [5.74, 6) is -3.37. The number of unbranched alkanes of at least 4 members (excludes halogenated alkanes) is 2. The summed E-state index contributed by atoms with van der Waals surface area (Å²) >= 11 is 0. The monoisotopic (exact) mass is 488 g/mol. The van der Waals surface area contributed by atoms with E-state index < -0.39 is 54.0 Å². The molecule has 12 heteroatoms. The first-order valence-electron chi connectivity index (χ1n) is 12.0. The van der Waals surface area contributed by atoms with Gasteiger partial charge in [-0.25, -0.2) is 4.79 Å². The van der Waals surface area contributed by atoms with Crippen molar-refractivity contribution in [2.75, 3.05) is 13.1 Å². The van der Waals surface area contributed by atoms with Gasteiger partial charge in [-0.15, -0.1) is 0 Å². The first kappa shape index (κ1) is 31.7. The molecule has 12 nitrogen and oxygen atoms in total. The van der Waals surface area contributed by atoms with Gasteiger partial charge < -0.3 is 43.4 Å². The zero-order valence-corrected chi connectivity index (χ0v) is 20.6. The number of rotatable bonds is 18. The molecule has 11 N–H and O–H groups in total. The number of nitrogens with two attached hydrogens (primary N) is 3. The van der Waals surface area contributed by atoms with Crippen LogP contribution in [0.2, 0.25) is 0 Å². The number of amides is 3. The van der Waals surface area contributed by atoms with Gasteiger partial charge in [0.25, 0.3) is 0 Å². The molecule has 0 rings (SSSR count). The number of nitrogens with one attached hydrogen (secondary N) is 3. The second-order valence-electron chi connectivity index (χ2n) is 8.67. The Bertz CT molecular complexity index is 647. The van der Waals surface area contributed by atoms with Gasteiger partial charge in [0, 0.05) is 0 Å². The molecular formula is C22H44N6O6. The highest BCUT2D eigenvalue weighted by atomic mass is 16.4. The Kier molecular flexibility index (Phi) is 16.0. The summed E-state index contributed by atoms with van der Waals surface area (Å²) in [5, 5.41) is 27.0. The summed E-state index contributed by atoms with van der Waals surface area (Å²) in [6, 6.07) is -4.41. The van der Waals surface area contributed by atoms with Gasteiger partial charge in [0.2, 0.25) is 17.7 Å². The summed E-state index contributed by atoms with van der Waals surface area (Å²) in [6.07, 6.45) is 2.03. The largest absolute Gasteiger partial charge is 0.480 e. The Balaban J connectivity index is 5.43. The predicted molar refractivity (Wildman–Crippen MR) is 128 cm³/mol. The molecule has 0 fully saturated rings. The number of aliphatic hydroxyl groups is 1. The zero-order chi connectivity index (χ0) is 26.3. The van der Waals surface area contributed by atoms with E-state index >= 15 is 0 Å². The van der Waals surface area contributed by atoms with Gasteiger partial charge in [0.1, 0.15) is 18.1 Å². The van der Waals surface area contributed by atoms with E-state index in [4.69, 9.17) is 17.2 Å². The van der Waals surface area contributed by atoms with E-state index in [0.717, 1.165) is 0 Å². The third kappa shape index (κ3) is 11.7. The van der Waals surface area contributed by atoms with Gasteiger partial charge in [0.15, 0.2) is 0 Å². The number of carboxylic acids is 1. The fourth-order valence-corrected chi connectivity index (χ4v) is 3.21. The lowest BCUT2D eigenvalue weighted by Gasteiger charge is -2.27. The van der Waals surface area contributed by atoms with Crippen molar-refractivity contribution in [3.63, 3.8) is 0 Å². The molecule has 3 amide bonds. The lowest BCUT2D eigenvalue weighted by atomic mass is 9.98. The molecule has 0 spiro atoms. The second kappa shape index (κ2) is 17.2. The molecule has 0 aliphatic heterocycles. The highest BCUT2D eigenvalue weighted by molar-refractivity contribution is 5.94. The third-order valence-corrected chi connectivity index (χ3v) is 5.76. The van der Waals surface area contributed by atoms with Crippen LogP contribution in [-0.2, 0) is 19.2 Å². The predicted octanol–water partition coefficient (Wildman–Crippen LogP) is -1.46. The van der Waals surface area contributed by atoms with Crippen molar-refractivity contribution in [2.24, 2.45) is 23.1 Å². The summed E-state index contributed by atoms with van der Waals surface area (Å²) in [4.78, 5) is 49.8. The van der Waals surface area contributed by atoms with Crippen LogP contribution in [0.1, 0.15) is 65.7 Å². The van der Waals surface area contributed by atoms with Gasteiger partial charge in [-0.05, 0) is 64.5 Å². The van der Waals surface area contributed by atoms with Crippen molar-refractivity contribution in [3.8, 4) is 0 Å². The minimum atomic E-state index is -1.34. The molecule has 0 aromatic carbocycles. The van der Waals surface area contributed by atoms with Crippen molar-refractivity contribution in [3.05, 3.63) is 0 Å². The van der Waals surface area contributed by atoms with E-state index in [9.17, 15) is 29.4 Å². The van der Waals surface area contributed by atoms with E-state index in [0.29, 0.717) is 45.2 Å². The number of carbonyl (C=O) groups is 4. The lowest BCUT2D eigenvalue weighted by molar-refractivity contribution is -0.142. The molecule has 6 unspecified atom stereocenters. The molecule has 0 aliphatic carbocycles. The van der Waals surface area contributed by atoms with Crippen LogP contribution < -0.4 is 33.2 Å². The van der Waals surface area contributed by atoms with Crippen molar-refractivity contribution < 1.29 is 29.4 Å². The molecule has 0 saturated heterocycles. The number of hydrogen-bond acceptors (Lipinski definition) is 8. The summed E-state index contributed by atoms with van der Waals surface area (Å²) in [5.41, 5.74) is 16.9. The molecule has 0 bridgehead atoms. The van der Waals surface area contributed by atoms with Crippen LogP contribution in [-0.4, -0.2) is 77.3 Å².